The fourth-order valence-electron chi connectivity index (χ4n) is 2.85. The number of ether oxygens (including phenoxy) is 2. The molecule has 0 atom stereocenters. The van der Waals surface area contributed by atoms with Crippen LogP contribution < -0.4 is 25.6 Å². The molecule has 3 aromatic rings. The standard InChI is InChI=1S/C21H19BrN2O5/c1-4-29-19-17(22)10-13(11-18(19)28-3)9-16-12(2)23-24(20(16)25)15-7-5-14(6-8-15)21(26)27/h5-11,23H,2,4H2,1,3H3,(H,26,27)/b16-9+. The van der Waals surface area contributed by atoms with Crippen molar-refractivity contribution in [2.45, 2.75) is 6.92 Å². The highest BCUT2D eigenvalue weighted by atomic mass is 79.9. The zero-order valence-electron chi connectivity index (χ0n) is 15.9. The van der Waals surface area contributed by atoms with Gasteiger partial charge in [-0.05, 0) is 70.9 Å². The number of carbonyl (C=O) groups is 1. The Hall–Kier alpha value is -3.26. The molecule has 0 radical (unpaired) electrons. The summed E-state index contributed by atoms with van der Waals surface area (Å²) in [6.45, 7) is 6.28. The first-order valence-corrected chi connectivity index (χ1v) is 9.50. The minimum absolute atomic E-state index is 0.140. The maximum Gasteiger partial charge on any atom is 0.335 e. The van der Waals surface area contributed by atoms with Crippen molar-refractivity contribution < 1.29 is 19.4 Å². The number of H-pyrrole nitrogens is 1. The molecule has 0 unspecified atom stereocenters. The van der Waals surface area contributed by atoms with Crippen LogP contribution in [-0.2, 0) is 0 Å². The van der Waals surface area contributed by atoms with Crippen molar-refractivity contribution in [1.29, 1.82) is 0 Å². The molecule has 0 bridgehead atoms. The minimum Gasteiger partial charge on any atom is -0.493 e. The van der Waals surface area contributed by atoms with Gasteiger partial charge in [0.25, 0.3) is 5.56 Å². The lowest BCUT2D eigenvalue weighted by Crippen LogP contribution is -2.33. The first-order chi connectivity index (χ1) is 13.8. The summed E-state index contributed by atoms with van der Waals surface area (Å²) in [6, 6.07) is 9.58. The number of hydrogen-bond acceptors (Lipinski definition) is 4. The highest BCUT2D eigenvalue weighted by molar-refractivity contribution is 9.10. The van der Waals surface area contributed by atoms with E-state index >= 15 is 0 Å². The Balaban J connectivity index is 2.10. The van der Waals surface area contributed by atoms with Gasteiger partial charge in [0.05, 0.1) is 40.0 Å². The maximum atomic E-state index is 12.9. The number of halogens is 1. The smallest absolute Gasteiger partial charge is 0.335 e. The molecule has 3 rings (SSSR count). The molecule has 7 nitrogen and oxygen atoms in total. The molecule has 29 heavy (non-hydrogen) atoms. The van der Waals surface area contributed by atoms with Gasteiger partial charge in [-0.2, -0.15) is 0 Å². The van der Waals surface area contributed by atoms with E-state index in [2.05, 4.69) is 27.6 Å². The predicted octanol–water partition coefficient (Wildman–Crippen LogP) is 2.27. The van der Waals surface area contributed by atoms with Crippen molar-refractivity contribution in [3.8, 4) is 17.2 Å². The Morgan fingerprint density at radius 1 is 1.31 bits per heavy atom. The topological polar surface area (TPSA) is 93.6 Å². The average Bonchev–Trinajstić information content (AvgIpc) is 2.98. The summed E-state index contributed by atoms with van der Waals surface area (Å²) in [5.74, 6) is 0.0995. The second-order valence-corrected chi connectivity index (χ2v) is 6.96. The summed E-state index contributed by atoms with van der Waals surface area (Å²) in [6.07, 6.45) is 1.70. The first kappa shape index (κ1) is 20.5. The fourth-order valence-corrected chi connectivity index (χ4v) is 3.43. The molecule has 8 heteroatoms. The van der Waals surface area contributed by atoms with Crippen LogP contribution in [0.2, 0.25) is 0 Å². The molecular formula is C21H19BrN2O5. The third-order valence-corrected chi connectivity index (χ3v) is 4.82. The van der Waals surface area contributed by atoms with Crippen molar-refractivity contribution in [2.75, 3.05) is 13.7 Å². The van der Waals surface area contributed by atoms with Crippen molar-refractivity contribution in [3.63, 3.8) is 0 Å². The Bertz CT molecular complexity index is 1230. The van der Waals surface area contributed by atoms with E-state index in [4.69, 9.17) is 14.6 Å². The summed E-state index contributed by atoms with van der Waals surface area (Å²) >= 11 is 3.47. The number of carboxylic acid groups (broad SMARTS) is 1. The molecule has 1 heterocycles. The normalized spacial score (nSPS) is 11.5. The van der Waals surface area contributed by atoms with Crippen molar-refractivity contribution in [1.82, 2.24) is 9.78 Å². The number of aromatic nitrogens is 2. The van der Waals surface area contributed by atoms with E-state index in [0.717, 1.165) is 5.56 Å². The molecule has 0 saturated heterocycles. The van der Waals surface area contributed by atoms with Gasteiger partial charge in [-0.1, -0.05) is 6.58 Å². The molecular weight excluding hydrogens is 440 g/mol. The fraction of sp³-hybridized carbons (Fsp3) is 0.143. The summed E-state index contributed by atoms with van der Waals surface area (Å²) in [5.41, 5.74) is 1.07. The molecule has 150 valence electrons. The minimum atomic E-state index is -1.03. The van der Waals surface area contributed by atoms with Crippen LogP contribution in [-0.4, -0.2) is 34.6 Å². The van der Waals surface area contributed by atoms with E-state index < -0.39 is 5.97 Å². The van der Waals surface area contributed by atoms with Crippen LogP contribution in [0, 0.1) is 0 Å². The monoisotopic (exact) mass is 458 g/mol. The van der Waals surface area contributed by atoms with Crippen LogP contribution in [0.4, 0.5) is 0 Å². The van der Waals surface area contributed by atoms with Gasteiger partial charge in [-0.25, -0.2) is 9.48 Å². The highest BCUT2D eigenvalue weighted by Crippen LogP contribution is 2.36. The molecule has 0 fully saturated rings. The number of nitrogens with one attached hydrogen (secondary N) is 1. The lowest BCUT2D eigenvalue weighted by atomic mass is 10.1. The number of carboxylic acids is 1. The van der Waals surface area contributed by atoms with Gasteiger partial charge in [0.15, 0.2) is 11.5 Å². The van der Waals surface area contributed by atoms with Gasteiger partial charge in [0.1, 0.15) is 0 Å². The van der Waals surface area contributed by atoms with E-state index in [9.17, 15) is 9.59 Å². The number of methoxy groups -OCH3 is 1. The van der Waals surface area contributed by atoms with Crippen LogP contribution in [0.25, 0.3) is 18.3 Å². The third kappa shape index (κ3) is 4.12. The molecule has 0 aliphatic carbocycles. The Kier molecular flexibility index (Phi) is 5.93. The first-order valence-electron chi connectivity index (χ1n) is 8.71. The largest absolute Gasteiger partial charge is 0.493 e. The van der Waals surface area contributed by atoms with Gasteiger partial charge in [-0.3, -0.25) is 9.89 Å². The number of nitrogens with zero attached hydrogens (tertiary/aromatic N) is 1. The number of benzene rings is 2. The summed E-state index contributed by atoms with van der Waals surface area (Å²) in [5, 5.41) is 12.7. The molecule has 0 spiro atoms. The zero-order chi connectivity index (χ0) is 21.1. The summed E-state index contributed by atoms with van der Waals surface area (Å²) in [7, 11) is 1.55. The van der Waals surface area contributed by atoms with E-state index in [1.54, 1.807) is 31.4 Å². The highest BCUT2D eigenvalue weighted by Gasteiger charge is 2.12. The number of aromatic amines is 1. The van der Waals surface area contributed by atoms with Gasteiger partial charge in [-0.15, -0.1) is 0 Å². The van der Waals surface area contributed by atoms with Gasteiger partial charge in [0.2, 0.25) is 0 Å². The van der Waals surface area contributed by atoms with Gasteiger partial charge < -0.3 is 14.6 Å². The number of aromatic carboxylic acids is 1. The molecule has 1 aromatic heterocycles. The Morgan fingerprint density at radius 3 is 2.59 bits per heavy atom. The number of hydrogen-bond donors (Lipinski definition) is 2. The van der Waals surface area contributed by atoms with Crippen molar-refractivity contribution in [3.05, 3.63) is 72.9 Å². The zero-order valence-corrected chi connectivity index (χ0v) is 17.4. The van der Waals surface area contributed by atoms with E-state index in [1.165, 1.54) is 16.8 Å². The molecule has 2 aromatic carbocycles. The Labute approximate surface area is 174 Å². The quantitative estimate of drug-likeness (QED) is 0.590. The van der Waals surface area contributed by atoms with Crippen LogP contribution in [0.1, 0.15) is 22.8 Å². The van der Waals surface area contributed by atoms with Crippen molar-refractivity contribution >= 4 is 34.6 Å². The van der Waals surface area contributed by atoms with Gasteiger partial charge >= 0.3 is 5.97 Å². The molecule has 2 N–H and O–H groups in total. The molecule has 0 aliphatic heterocycles. The lowest BCUT2D eigenvalue weighted by molar-refractivity contribution is 0.0697. The second kappa shape index (κ2) is 8.40. The van der Waals surface area contributed by atoms with Crippen LogP contribution in [0.15, 0.2) is 45.7 Å². The van der Waals surface area contributed by atoms with E-state index in [-0.39, 0.29) is 11.1 Å². The predicted molar refractivity (Wildman–Crippen MR) is 114 cm³/mol. The molecule has 0 aliphatic rings. The van der Waals surface area contributed by atoms with Crippen molar-refractivity contribution in [2.24, 2.45) is 0 Å². The van der Waals surface area contributed by atoms with E-state index in [1.807, 2.05) is 13.0 Å². The van der Waals surface area contributed by atoms with Crippen LogP contribution in [0.3, 0.4) is 0 Å². The van der Waals surface area contributed by atoms with E-state index in [0.29, 0.717) is 38.8 Å². The summed E-state index contributed by atoms with van der Waals surface area (Å²) < 4.78 is 13.0. The summed E-state index contributed by atoms with van der Waals surface area (Å²) in [4.78, 5) is 23.9. The maximum absolute atomic E-state index is 12.9. The lowest BCUT2D eigenvalue weighted by Gasteiger charge is -2.12. The SMILES string of the molecule is C=c1[nH]n(-c2ccc(C(=O)O)cc2)c(=O)/c1=C/c1cc(Br)c(OCC)c(OC)c1. The van der Waals surface area contributed by atoms with Crippen LogP contribution >= 0.6 is 15.9 Å². The number of rotatable bonds is 6. The Morgan fingerprint density at radius 2 is 2.00 bits per heavy atom. The second-order valence-electron chi connectivity index (χ2n) is 6.11. The van der Waals surface area contributed by atoms with Gasteiger partial charge in [0, 0.05) is 0 Å². The van der Waals surface area contributed by atoms with Crippen LogP contribution in [0.5, 0.6) is 11.5 Å². The third-order valence-electron chi connectivity index (χ3n) is 4.23. The molecule has 0 amide bonds. The molecule has 0 saturated carbocycles. The average molecular weight is 459 g/mol.